The monoisotopic (exact) mass is 565 g/mol. The molecule has 0 radical (unpaired) electrons. The Morgan fingerprint density at radius 1 is 0.976 bits per heavy atom. The number of pyridine rings is 2. The third-order valence-corrected chi connectivity index (χ3v) is 7.83. The molecule has 42 heavy (non-hydrogen) atoms. The zero-order valence-corrected chi connectivity index (χ0v) is 24.7. The van der Waals surface area contributed by atoms with Gasteiger partial charge in [-0.3, -0.25) is 9.47 Å². The molecule has 3 aromatic heterocycles. The SMILES string of the molecule is CC(C)(C)OC(=O)N1CCN(Cc2ccc(-n3c(-c4cccnc4N)nc4ccc(C5=CCCCC5)nc43)cc2)CC1. The molecule has 1 amide bonds. The fourth-order valence-corrected chi connectivity index (χ4v) is 5.66. The fourth-order valence-electron chi connectivity index (χ4n) is 5.66. The van der Waals surface area contributed by atoms with E-state index in [2.05, 4.69) is 56.9 Å². The molecular weight excluding hydrogens is 526 g/mol. The van der Waals surface area contributed by atoms with Crippen molar-refractivity contribution in [3.05, 3.63) is 72.1 Å². The summed E-state index contributed by atoms with van der Waals surface area (Å²) < 4.78 is 7.64. The number of fused-ring (bicyclic) bond motifs is 1. The van der Waals surface area contributed by atoms with E-state index in [1.807, 2.05) is 32.9 Å². The van der Waals surface area contributed by atoms with E-state index in [9.17, 15) is 4.79 Å². The molecule has 0 unspecified atom stereocenters. The summed E-state index contributed by atoms with van der Waals surface area (Å²) >= 11 is 0. The summed E-state index contributed by atoms with van der Waals surface area (Å²) in [7, 11) is 0. The number of aromatic nitrogens is 4. The van der Waals surface area contributed by atoms with Gasteiger partial charge in [-0.1, -0.05) is 18.2 Å². The molecule has 1 fully saturated rings. The zero-order chi connectivity index (χ0) is 29.3. The summed E-state index contributed by atoms with van der Waals surface area (Å²) in [4.78, 5) is 31.0. The zero-order valence-electron chi connectivity index (χ0n) is 24.7. The number of carbonyl (C=O) groups is 1. The number of hydrogen-bond acceptors (Lipinski definition) is 7. The molecular formula is C33H39N7O2. The number of benzene rings is 1. The van der Waals surface area contributed by atoms with Gasteiger partial charge in [-0.15, -0.1) is 0 Å². The Morgan fingerprint density at radius 2 is 1.76 bits per heavy atom. The Bertz CT molecular complexity index is 1610. The van der Waals surface area contributed by atoms with Gasteiger partial charge in [0, 0.05) is 44.6 Å². The van der Waals surface area contributed by atoms with E-state index in [0.29, 0.717) is 18.9 Å². The number of allylic oxidation sites excluding steroid dienone is 2. The average molecular weight is 566 g/mol. The molecule has 2 aliphatic rings. The van der Waals surface area contributed by atoms with Gasteiger partial charge in [0.15, 0.2) is 11.5 Å². The Morgan fingerprint density at radius 3 is 2.45 bits per heavy atom. The predicted molar refractivity (Wildman–Crippen MR) is 166 cm³/mol. The van der Waals surface area contributed by atoms with Gasteiger partial charge in [-0.2, -0.15) is 0 Å². The van der Waals surface area contributed by atoms with Crippen LogP contribution in [0.15, 0.2) is 60.8 Å². The first-order valence-corrected chi connectivity index (χ1v) is 14.8. The Kier molecular flexibility index (Phi) is 7.68. The molecule has 1 aliphatic carbocycles. The van der Waals surface area contributed by atoms with E-state index < -0.39 is 5.60 Å². The lowest BCUT2D eigenvalue weighted by atomic mass is 9.97. The quantitative estimate of drug-likeness (QED) is 0.313. The number of ether oxygens (including phenoxy) is 1. The number of piperazine rings is 1. The highest BCUT2D eigenvalue weighted by atomic mass is 16.6. The van der Waals surface area contributed by atoms with Crippen molar-refractivity contribution in [2.45, 2.75) is 58.6 Å². The molecule has 9 nitrogen and oxygen atoms in total. The number of nitrogens with two attached hydrogens (primary N) is 1. The molecule has 0 bridgehead atoms. The molecule has 4 aromatic rings. The third kappa shape index (κ3) is 6.01. The molecule has 0 atom stereocenters. The van der Waals surface area contributed by atoms with Crippen molar-refractivity contribution in [3.63, 3.8) is 0 Å². The van der Waals surface area contributed by atoms with Crippen LogP contribution in [0.25, 0.3) is 33.8 Å². The fraction of sp³-hybridized carbons (Fsp3) is 0.394. The second kappa shape index (κ2) is 11.6. The second-order valence-electron chi connectivity index (χ2n) is 12.1. The van der Waals surface area contributed by atoms with Crippen molar-refractivity contribution >= 4 is 28.6 Å². The van der Waals surface area contributed by atoms with Crippen molar-refractivity contribution in [1.82, 2.24) is 29.3 Å². The minimum Gasteiger partial charge on any atom is -0.444 e. The van der Waals surface area contributed by atoms with Gasteiger partial charge >= 0.3 is 6.09 Å². The van der Waals surface area contributed by atoms with Gasteiger partial charge in [0.1, 0.15) is 16.9 Å². The molecule has 4 heterocycles. The van der Waals surface area contributed by atoms with Crippen molar-refractivity contribution in [1.29, 1.82) is 0 Å². The van der Waals surface area contributed by atoms with Crippen LogP contribution in [0.1, 0.15) is 57.7 Å². The largest absolute Gasteiger partial charge is 0.444 e. The first kappa shape index (κ1) is 27.9. The van der Waals surface area contributed by atoms with Gasteiger partial charge in [-0.25, -0.2) is 19.7 Å². The maximum Gasteiger partial charge on any atom is 0.410 e. The Balaban J connectivity index is 1.26. The number of hydrogen-bond donors (Lipinski definition) is 1. The van der Waals surface area contributed by atoms with Gasteiger partial charge in [0.05, 0.1) is 11.3 Å². The van der Waals surface area contributed by atoms with Gasteiger partial charge < -0.3 is 15.4 Å². The smallest absolute Gasteiger partial charge is 0.410 e. The molecule has 6 rings (SSSR count). The first-order chi connectivity index (χ1) is 20.2. The van der Waals surface area contributed by atoms with E-state index in [4.69, 9.17) is 20.4 Å². The summed E-state index contributed by atoms with van der Waals surface area (Å²) in [6.45, 7) is 9.44. The number of imidazole rings is 1. The maximum absolute atomic E-state index is 12.4. The van der Waals surface area contributed by atoms with Crippen LogP contribution in [0.4, 0.5) is 10.6 Å². The van der Waals surface area contributed by atoms with Crippen molar-refractivity contribution < 1.29 is 9.53 Å². The van der Waals surface area contributed by atoms with Crippen LogP contribution in [0.5, 0.6) is 0 Å². The number of rotatable bonds is 5. The van der Waals surface area contributed by atoms with Gasteiger partial charge in [0.25, 0.3) is 0 Å². The topological polar surface area (TPSA) is 102 Å². The van der Waals surface area contributed by atoms with Crippen LogP contribution >= 0.6 is 0 Å². The highest BCUT2D eigenvalue weighted by Gasteiger charge is 2.26. The minimum atomic E-state index is -0.483. The molecule has 0 spiro atoms. The summed E-state index contributed by atoms with van der Waals surface area (Å²) in [5.41, 5.74) is 12.7. The summed E-state index contributed by atoms with van der Waals surface area (Å²) in [6.07, 6.45) is 8.36. The maximum atomic E-state index is 12.4. The van der Waals surface area contributed by atoms with Crippen molar-refractivity contribution in [3.8, 4) is 17.1 Å². The summed E-state index contributed by atoms with van der Waals surface area (Å²) in [5.74, 6) is 1.16. The molecule has 218 valence electrons. The first-order valence-electron chi connectivity index (χ1n) is 14.8. The van der Waals surface area contributed by atoms with E-state index in [0.717, 1.165) is 66.4 Å². The van der Waals surface area contributed by atoms with Gasteiger partial charge in [0.2, 0.25) is 0 Å². The van der Waals surface area contributed by atoms with Crippen LogP contribution in [0.2, 0.25) is 0 Å². The summed E-state index contributed by atoms with van der Waals surface area (Å²) in [6, 6.07) is 16.5. The molecule has 1 aliphatic heterocycles. The van der Waals surface area contributed by atoms with Crippen LogP contribution in [-0.4, -0.2) is 67.2 Å². The molecule has 1 saturated heterocycles. The number of amides is 1. The molecule has 9 heteroatoms. The highest BCUT2D eigenvalue weighted by molar-refractivity contribution is 5.84. The lowest BCUT2D eigenvalue weighted by Gasteiger charge is -2.35. The van der Waals surface area contributed by atoms with E-state index in [-0.39, 0.29) is 6.09 Å². The van der Waals surface area contributed by atoms with E-state index in [1.54, 1.807) is 11.1 Å². The van der Waals surface area contributed by atoms with Crippen LogP contribution < -0.4 is 5.73 Å². The standard InChI is InChI=1S/C33H39N7O2/c1-33(2,3)42-32(41)39-20-18-38(19-21-39)22-23-11-13-25(14-12-23)40-30(26-10-7-17-35-29(26)34)37-28-16-15-27(36-31(28)40)24-8-5-4-6-9-24/h7-8,10-17H,4-6,9,18-22H2,1-3H3,(H2,34,35). The molecule has 2 N–H and O–H groups in total. The van der Waals surface area contributed by atoms with E-state index >= 15 is 0 Å². The lowest BCUT2D eigenvalue weighted by molar-refractivity contribution is 0.0139. The Labute approximate surface area is 247 Å². The minimum absolute atomic E-state index is 0.235. The van der Waals surface area contributed by atoms with Crippen molar-refractivity contribution in [2.75, 3.05) is 31.9 Å². The molecule has 1 aromatic carbocycles. The van der Waals surface area contributed by atoms with Gasteiger partial charge in [-0.05, 0) is 94.0 Å². The van der Waals surface area contributed by atoms with Crippen LogP contribution in [0.3, 0.4) is 0 Å². The number of nitrogens with zero attached hydrogens (tertiary/aromatic N) is 6. The summed E-state index contributed by atoms with van der Waals surface area (Å²) in [5, 5.41) is 0. The van der Waals surface area contributed by atoms with E-state index in [1.165, 1.54) is 24.0 Å². The normalized spacial score (nSPS) is 16.5. The number of carbonyl (C=O) groups excluding carboxylic acids is 1. The second-order valence-corrected chi connectivity index (χ2v) is 12.1. The average Bonchev–Trinajstić information content (AvgIpc) is 3.36. The lowest BCUT2D eigenvalue weighted by Crippen LogP contribution is -2.49. The number of anilines is 1. The number of nitrogen functional groups attached to an aromatic ring is 1. The van der Waals surface area contributed by atoms with Crippen LogP contribution in [-0.2, 0) is 11.3 Å². The third-order valence-electron chi connectivity index (χ3n) is 7.83. The van der Waals surface area contributed by atoms with Crippen LogP contribution in [0, 0.1) is 0 Å². The Hall–Kier alpha value is -4.24. The highest BCUT2D eigenvalue weighted by Crippen LogP contribution is 2.32. The predicted octanol–water partition coefficient (Wildman–Crippen LogP) is 6.07. The van der Waals surface area contributed by atoms with Crippen molar-refractivity contribution in [2.24, 2.45) is 0 Å². The molecule has 0 saturated carbocycles.